The zero-order valence-corrected chi connectivity index (χ0v) is 14.2. The fourth-order valence-electron chi connectivity index (χ4n) is 3.28. The molecule has 2 fully saturated rings. The van der Waals surface area contributed by atoms with Crippen LogP contribution in [0.25, 0.3) is 0 Å². The first kappa shape index (κ1) is 14.9. The summed E-state index contributed by atoms with van der Waals surface area (Å²) in [6, 6.07) is 2.97. The second kappa shape index (κ2) is 6.39. The summed E-state index contributed by atoms with van der Waals surface area (Å²) < 4.78 is 6.16. The van der Waals surface area contributed by atoms with Crippen LogP contribution in [-0.2, 0) is 11.3 Å². The van der Waals surface area contributed by atoms with Crippen molar-refractivity contribution < 1.29 is 4.74 Å². The molecule has 0 aromatic carbocycles. The molecule has 2 nitrogen and oxygen atoms in total. The van der Waals surface area contributed by atoms with Crippen LogP contribution >= 0.6 is 23.1 Å². The first-order valence-corrected chi connectivity index (χ1v) is 9.65. The number of rotatable bonds is 3. The summed E-state index contributed by atoms with van der Waals surface area (Å²) in [5, 5.41) is 3.77. The Morgan fingerprint density at radius 3 is 2.85 bits per heavy atom. The third-order valence-electron chi connectivity index (χ3n) is 4.68. The van der Waals surface area contributed by atoms with Crippen LogP contribution in [0, 0.1) is 13.8 Å². The molecule has 0 amide bonds. The highest BCUT2D eigenvalue weighted by Crippen LogP contribution is 2.37. The molecule has 3 heterocycles. The van der Waals surface area contributed by atoms with E-state index < -0.39 is 0 Å². The van der Waals surface area contributed by atoms with E-state index >= 15 is 0 Å². The average molecular weight is 312 g/mol. The quantitative estimate of drug-likeness (QED) is 0.915. The highest BCUT2D eigenvalue weighted by atomic mass is 32.2. The standard InChI is InChI=1S/C16H25NOS2/c1-12-9-15(20-13(12)2)11-17-14-3-6-18-16(10-14)4-7-19-8-5-16/h9,14,17H,3-8,10-11H2,1-2H3. The molecular formula is C16H25NOS2. The molecule has 0 saturated carbocycles. The Hall–Kier alpha value is -0.0300. The summed E-state index contributed by atoms with van der Waals surface area (Å²) in [6.07, 6.45) is 4.86. The second-order valence-corrected chi connectivity index (χ2v) is 8.73. The van der Waals surface area contributed by atoms with Crippen molar-refractivity contribution in [1.29, 1.82) is 0 Å². The Balaban J connectivity index is 1.54. The van der Waals surface area contributed by atoms with Gasteiger partial charge in [-0.1, -0.05) is 0 Å². The van der Waals surface area contributed by atoms with Gasteiger partial charge in [0.05, 0.1) is 5.60 Å². The largest absolute Gasteiger partial charge is 0.375 e. The number of thioether (sulfide) groups is 1. The summed E-state index contributed by atoms with van der Waals surface area (Å²) >= 11 is 4.01. The van der Waals surface area contributed by atoms with Crippen molar-refractivity contribution in [1.82, 2.24) is 5.32 Å². The van der Waals surface area contributed by atoms with E-state index in [9.17, 15) is 0 Å². The zero-order valence-electron chi connectivity index (χ0n) is 12.5. The number of hydrogen-bond acceptors (Lipinski definition) is 4. The van der Waals surface area contributed by atoms with Gasteiger partial charge in [-0.2, -0.15) is 11.8 Å². The van der Waals surface area contributed by atoms with Gasteiger partial charge < -0.3 is 10.1 Å². The first-order chi connectivity index (χ1) is 9.67. The van der Waals surface area contributed by atoms with E-state index in [2.05, 4.69) is 37.0 Å². The summed E-state index contributed by atoms with van der Waals surface area (Å²) in [5.74, 6) is 2.55. The van der Waals surface area contributed by atoms with Gasteiger partial charge in [0.15, 0.2) is 0 Å². The van der Waals surface area contributed by atoms with Crippen LogP contribution in [0.4, 0.5) is 0 Å². The fraction of sp³-hybridized carbons (Fsp3) is 0.750. The SMILES string of the molecule is Cc1cc(CNC2CCOC3(CCSCC3)C2)sc1C. The van der Waals surface area contributed by atoms with E-state index in [1.165, 1.54) is 46.1 Å². The van der Waals surface area contributed by atoms with Crippen LogP contribution in [0.1, 0.15) is 41.0 Å². The topological polar surface area (TPSA) is 21.3 Å². The molecule has 1 spiro atoms. The van der Waals surface area contributed by atoms with E-state index in [1.54, 1.807) is 0 Å². The molecule has 4 heteroatoms. The van der Waals surface area contributed by atoms with E-state index in [0.717, 1.165) is 19.6 Å². The summed E-state index contributed by atoms with van der Waals surface area (Å²) in [5.41, 5.74) is 1.63. The van der Waals surface area contributed by atoms with Gasteiger partial charge in [-0.05, 0) is 62.7 Å². The molecule has 0 radical (unpaired) electrons. The third-order valence-corrected chi connectivity index (χ3v) is 6.82. The molecule has 2 saturated heterocycles. The maximum atomic E-state index is 6.16. The van der Waals surface area contributed by atoms with Crippen molar-refractivity contribution in [3.63, 3.8) is 0 Å². The van der Waals surface area contributed by atoms with Crippen molar-refractivity contribution in [3.8, 4) is 0 Å². The van der Waals surface area contributed by atoms with E-state index in [0.29, 0.717) is 6.04 Å². The summed E-state index contributed by atoms with van der Waals surface area (Å²) in [6.45, 7) is 6.38. The number of hydrogen-bond donors (Lipinski definition) is 1. The van der Waals surface area contributed by atoms with Gasteiger partial charge in [0.25, 0.3) is 0 Å². The van der Waals surface area contributed by atoms with Crippen molar-refractivity contribution in [2.24, 2.45) is 0 Å². The Labute approximate surface area is 130 Å². The lowest BCUT2D eigenvalue weighted by Gasteiger charge is -2.43. The molecule has 2 aliphatic heterocycles. The maximum Gasteiger partial charge on any atom is 0.0713 e. The normalized spacial score (nSPS) is 26.0. The smallest absolute Gasteiger partial charge is 0.0713 e. The number of ether oxygens (including phenoxy) is 1. The first-order valence-electron chi connectivity index (χ1n) is 7.68. The Morgan fingerprint density at radius 2 is 2.15 bits per heavy atom. The summed E-state index contributed by atoms with van der Waals surface area (Å²) in [7, 11) is 0. The van der Waals surface area contributed by atoms with E-state index in [1.807, 2.05) is 11.3 Å². The Morgan fingerprint density at radius 1 is 1.35 bits per heavy atom. The van der Waals surface area contributed by atoms with Crippen molar-refractivity contribution >= 4 is 23.1 Å². The Kier molecular flexibility index (Phi) is 4.75. The van der Waals surface area contributed by atoms with Crippen LogP contribution in [0.2, 0.25) is 0 Å². The molecule has 2 aliphatic rings. The molecule has 1 atom stereocenters. The van der Waals surface area contributed by atoms with E-state index in [4.69, 9.17) is 4.74 Å². The molecule has 1 unspecified atom stereocenters. The van der Waals surface area contributed by atoms with Gasteiger partial charge in [-0.15, -0.1) is 11.3 Å². The summed E-state index contributed by atoms with van der Waals surface area (Å²) in [4.78, 5) is 2.93. The van der Waals surface area contributed by atoms with Crippen LogP contribution in [0.5, 0.6) is 0 Å². The van der Waals surface area contributed by atoms with E-state index in [-0.39, 0.29) is 5.60 Å². The molecule has 3 rings (SSSR count). The molecule has 112 valence electrons. The molecule has 20 heavy (non-hydrogen) atoms. The minimum absolute atomic E-state index is 0.197. The maximum absolute atomic E-state index is 6.16. The van der Waals surface area contributed by atoms with Gasteiger partial charge in [0.2, 0.25) is 0 Å². The minimum atomic E-state index is 0.197. The molecule has 1 aromatic rings. The molecule has 0 bridgehead atoms. The van der Waals surface area contributed by atoms with Crippen LogP contribution in [0.15, 0.2) is 6.07 Å². The van der Waals surface area contributed by atoms with Crippen LogP contribution < -0.4 is 5.32 Å². The predicted octanol–water partition coefficient (Wildman–Crippen LogP) is 3.90. The van der Waals surface area contributed by atoms with Crippen molar-refractivity contribution in [2.75, 3.05) is 18.1 Å². The van der Waals surface area contributed by atoms with Gasteiger partial charge in [0.1, 0.15) is 0 Å². The van der Waals surface area contributed by atoms with Gasteiger partial charge in [-0.25, -0.2) is 0 Å². The minimum Gasteiger partial charge on any atom is -0.375 e. The van der Waals surface area contributed by atoms with Crippen LogP contribution in [-0.4, -0.2) is 29.8 Å². The van der Waals surface area contributed by atoms with Crippen LogP contribution in [0.3, 0.4) is 0 Å². The molecule has 1 N–H and O–H groups in total. The van der Waals surface area contributed by atoms with Crippen molar-refractivity contribution in [3.05, 3.63) is 21.4 Å². The highest BCUT2D eigenvalue weighted by Gasteiger charge is 2.38. The van der Waals surface area contributed by atoms with Gasteiger partial charge in [0, 0.05) is 28.9 Å². The number of nitrogens with one attached hydrogen (secondary N) is 1. The fourth-order valence-corrected chi connectivity index (χ4v) is 5.52. The lowest BCUT2D eigenvalue weighted by molar-refractivity contribution is -0.0933. The zero-order chi connectivity index (χ0) is 14.0. The van der Waals surface area contributed by atoms with Gasteiger partial charge in [-0.3, -0.25) is 0 Å². The Bertz CT molecular complexity index is 426. The number of thiophene rings is 1. The predicted molar refractivity (Wildman–Crippen MR) is 88.9 cm³/mol. The third kappa shape index (κ3) is 3.41. The average Bonchev–Trinajstić information content (AvgIpc) is 2.77. The lowest BCUT2D eigenvalue weighted by atomic mass is 9.85. The lowest BCUT2D eigenvalue weighted by Crippen LogP contribution is -2.48. The monoisotopic (exact) mass is 311 g/mol. The molecular weight excluding hydrogens is 286 g/mol. The second-order valence-electron chi connectivity index (χ2n) is 6.17. The molecule has 1 aromatic heterocycles. The van der Waals surface area contributed by atoms with Gasteiger partial charge >= 0.3 is 0 Å². The number of aryl methyl sites for hydroxylation is 2. The molecule has 0 aliphatic carbocycles. The van der Waals surface area contributed by atoms with Crippen molar-refractivity contribution in [2.45, 2.75) is 57.7 Å². The highest BCUT2D eigenvalue weighted by molar-refractivity contribution is 7.99.